The van der Waals surface area contributed by atoms with Crippen molar-refractivity contribution in [1.82, 2.24) is 4.98 Å². The van der Waals surface area contributed by atoms with E-state index in [0.29, 0.717) is 35.2 Å². The maximum absolute atomic E-state index is 12.6. The largest absolute Gasteiger partial charge is 0.474 e. The second-order valence-electron chi connectivity index (χ2n) is 6.67. The van der Waals surface area contributed by atoms with E-state index in [1.54, 1.807) is 67.9 Å². The van der Waals surface area contributed by atoms with Crippen LogP contribution < -0.4 is 14.8 Å². The lowest BCUT2D eigenvalue weighted by molar-refractivity contribution is -0.111. The fraction of sp³-hybridized carbons (Fsp3) is 0.130. The van der Waals surface area contributed by atoms with Crippen molar-refractivity contribution in [3.63, 3.8) is 0 Å². The van der Waals surface area contributed by atoms with Crippen molar-refractivity contribution in [3.05, 3.63) is 83.5 Å². The molecule has 8 nitrogen and oxygen atoms in total. The number of sulfonamides is 1. The van der Waals surface area contributed by atoms with Crippen LogP contribution in [0.1, 0.15) is 5.56 Å². The Balaban J connectivity index is 1.63. The second-order valence-corrected chi connectivity index (χ2v) is 8.76. The van der Waals surface area contributed by atoms with Gasteiger partial charge in [0.1, 0.15) is 12.3 Å². The molecule has 0 bridgehead atoms. The van der Waals surface area contributed by atoms with Gasteiger partial charge < -0.3 is 14.8 Å². The van der Waals surface area contributed by atoms with Crippen molar-refractivity contribution < 1.29 is 22.7 Å². The lowest BCUT2D eigenvalue weighted by Gasteiger charge is -2.10. The molecule has 33 heavy (non-hydrogen) atoms. The second kappa shape index (κ2) is 11.5. The van der Waals surface area contributed by atoms with Crippen molar-refractivity contribution in [2.45, 2.75) is 4.90 Å². The molecule has 0 aliphatic carbocycles. The number of nitrogens with zero attached hydrogens (tertiary/aromatic N) is 1. The summed E-state index contributed by atoms with van der Waals surface area (Å²) in [6, 6.07) is 16.0. The average Bonchev–Trinajstić information content (AvgIpc) is 2.81. The van der Waals surface area contributed by atoms with Gasteiger partial charge >= 0.3 is 0 Å². The molecule has 0 fully saturated rings. The Bertz CT molecular complexity index is 1230. The molecular formula is C23H22ClN3O5S. The number of halogens is 1. The Hall–Kier alpha value is -3.40. The normalized spacial score (nSPS) is 11.3. The van der Waals surface area contributed by atoms with E-state index in [9.17, 15) is 13.2 Å². The molecule has 1 heterocycles. The van der Waals surface area contributed by atoms with Crippen LogP contribution >= 0.6 is 11.6 Å². The monoisotopic (exact) mass is 487 g/mol. The van der Waals surface area contributed by atoms with Gasteiger partial charge in [0.15, 0.2) is 0 Å². The number of ether oxygens (including phenoxy) is 2. The summed E-state index contributed by atoms with van der Waals surface area (Å²) in [5.41, 5.74) is 1.36. The third kappa shape index (κ3) is 7.04. The van der Waals surface area contributed by atoms with Crippen LogP contribution in [0.4, 0.5) is 11.4 Å². The highest BCUT2D eigenvalue weighted by atomic mass is 35.5. The quantitative estimate of drug-likeness (QED) is 0.327. The van der Waals surface area contributed by atoms with E-state index in [1.807, 2.05) is 0 Å². The minimum Gasteiger partial charge on any atom is -0.474 e. The van der Waals surface area contributed by atoms with Crippen molar-refractivity contribution >= 4 is 45.0 Å². The predicted octanol–water partition coefficient (Wildman–Crippen LogP) is 4.21. The molecule has 1 aromatic heterocycles. The van der Waals surface area contributed by atoms with E-state index in [4.69, 9.17) is 21.1 Å². The minimum absolute atomic E-state index is 0.0669. The molecule has 3 aromatic rings. The molecule has 2 N–H and O–H groups in total. The molecule has 10 heteroatoms. The number of para-hydroxylation sites is 1. The zero-order valence-electron chi connectivity index (χ0n) is 17.7. The molecule has 0 radical (unpaired) electrons. The van der Waals surface area contributed by atoms with E-state index in [2.05, 4.69) is 15.0 Å². The number of rotatable bonds is 10. The Morgan fingerprint density at radius 3 is 2.48 bits per heavy atom. The minimum atomic E-state index is -3.81. The number of nitrogens with one attached hydrogen (secondary N) is 2. The zero-order valence-corrected chi connectivity index (χ0v) is 19.3. The Morgan fingerprint density at radius 1 is 1.03 bits per heavy atom. The first-order valence-electron chi connectivity index (χ1n) is 9.82. The fourth-order valence-electron chi connectivity index (χ4n) is 2.67. The van der Waals surface area contributed by atoms with Crippen LogP contribution in [0.15, 0.2) is 77.8 Å². The number of carbonyl (C=O) groups excluding carboxylic acids is 1. The van der Waals surface area contributed by atoms with Crippen molar-refractivity contribution in [3.8, 4) is 5.88 Å². The summed E-state index contributed by atoms with van der Waals surface area (Å²) in [6.45, 7) is 0.691. The number of amides is 1. The van der Waals surface area contributed by atoms with Crippen LogP contribution in [-0.4, -0.2) is 39.6 Å². The van der Waals surface area contributed by atoms with E-state index >= 15 is 0 Å². The molecule has 1 amide bonds. The van der Waals surface area contributed by atoms with Gasteiger partial charge in [-0.2, -0.15) is 0 Å². The summed E-state index contributed by atoms with van der Waals surface area (Å²) in [6.07, 6.45) is 4.45. The van der Waals surface area contributed by atoms with Gasteiger partial charge in [0.2, 0.25) is 11.8 Å². The highest BCUT2D eigenvalue weighted by Crippen LogP contribution is 2.24. The first-order valence-corrected chi connectivity index (χ1v) is 11.7. The summed E-state index contributed by atoms with van der Waals surface area (Å²) in [4.78, 5) is 16.5. The van der Waals surface area contributed by atoms with Crippen molar-refractivity contribution in [1.29, 1.82) is 0 Å². The molecule has 0 atom stereocenters. The summed E-state index contributed by atoms with van der Waals surface area (Å²) in [5, 5.41) is 3.00. The van der Waals surface area contributed by atoms with Gasteiger partial charge in [-0.25, -0.2) is 13.4 Å². The zero-order chi connectivity index (χ0) is 23.7. The molecule has 0 saturated carbocycles. The fourth-order valence-corrected chi connectivity index (χ4v) is 3.99. The number of aromatic nitrogens is 1. The lowest BCUT2D eigenvalue weighted by Crippen LogP contribution is -2.13. The molecule has 0 aliphatic heterocycles. The van der Waals surface area contributed by atoms with Crippen LogP contribution in [0.2, 0.25) is 5.02 Å². The first-order chi connectivity index (χ1) is 15.9. The molecular weight excluding hydrogens is 466 g/mol. The lowest BCUT2D eigenvalue weighted by atomic mass is 10.2. The van der Waals surface area contributed by atoms with Gasteiger partial charge in [-0.15, -0.1) is 0 Å². The topological polar surface area (TPSA) is 107 Å². The van der Waals surface area contributed by atoms with Gasteiger partial charge in [0, 0.05) is 19.4 Å². The Labute approximate surface area is 197 Å². The average molecular weight is 488 g/mol. The van der Waals surface area contributed by atoms with E-state index < -0.39 is 15.9 Å². The van der Waals surface area contributed by atoms with Gasteiger partial charge in [0.25, 0.3) is 10.0 Å². The van der Waals surface area contributed by atoms with Crippen LogP contribution in [0.25, 0.3) is 6.08 Å². The molecule has 0 unspecified atom stereocenters. The highest BCUT2D eigenvalue weighted by molar-refractivity contribution is 7.92. The van der Waals surface area contributed by atoms with Crippen LogP contribution in [0.3, 0.4) is 0 Å². The summed E-state index contributed by atoms with van der Waals surface area (Å²) >= 11 is 6.02. The predicted molar refractivity (Wildman–Crippen MR) is 128 cm³/mol. The summed E-state index contributed by atoms with van der Waals surface area (Å²) in [5.74, 6) is -0.103. The summed E-state index contributed by atoms with van der Waals surface area (Å²) in [7, 11) is -2.24. The van der Waals surface area contributed by atoms with Crippen LogP contribution in [-0.2, 0) is 19.6 Å². The number of hydrogen-bond acceptors (Lipinski definition) is 6. The standard InChI is InChI=1S/C23H22ClN3O5S/c1-31-15-16-32-23-21(7-4-14-25-23)26-22(28)13-10-17-8-11-18(12-9-17)33(29,30)27-20-6-3-2-5-19(20)24/h2-14,27H,15-16H2,1H3,(H,26,28)/b13-10+. The number of pyridine rings is 1. The number of carbonyl (C=O) groups is 1. The van der Waals surface area contributed by atoms with Crippen LogP contribution in [0.5, 0.6) is 5.88 Å². The molecule has 172 valence electrons. The maximum atomic E-state index is 12.6. The molecule has 2 aromatic carbocycles. The summed E-state index contributed by atoms with van der Waals surface area (Å²) < 4.78 is 38.0. The number of methoxy groups -OCH3 is 1. The third-order valence-electron chi connectivity index (χ3n) is 4.29. The number of hydrogen-bond donors (Lipinski definition) is 2. The number of benzene rings is 2. The third-order valence-corrected chi connectivity index (χ3v) is 6.00. The molecule has 0 spiro atoms. The van der Waals surface area contributed by atoms with E-state index in [1.165, 1.54) is 18.2 Å². The maximum Gasteiger partial charge on any atom is 0.261 e. The number of anilines is 2. The van der Waals surface area contributed by atoms with Crippen molar-refractivity contribution in [2.24, 2.45) is 0 Å². The molecule has 0 aliphatic rings. The highest BCUT2D eigenvalue weighted by Gasteiger charge is 2.15. The van der Waals surface area contributed by atoms with E-state index in [0.717, 1.165) is 0 Å². The van der Waals surface area contributed by atoms with Gasteiger partial charge in [-0.1, -0.05) is 35.9 Å². The van der Waals surface area contributed by atoms with Crippen molar-refractivity contribution in [2.75, 3.05) is 30.4 Å². The van der Waals surface area contributed by atoms with Crippen LogP contribution in [0, 0.1) is 0 Å². The van der Waals surface area contributed by atoms with Gasteiger partial charge in [-0.05, 0) is 48.0 Å². The Morgan fingerprint density at radius 2 is 1.76 bits per heavy atom. The molecule has 3 rings (SSSR count). The molecule has 0 saturated heterocycles. The Kier molecular flexibility index (Phi) is 8.42. The van der Waals surface area contributed by atoms with Gasteiger partial charge in [0.05, 0.1) is 22.2 Å². The van der Waals surface area contributed by atoms with Gasteiger partial charge in [-0.3, -0.25) is 9.52 Å². The first kappa shape index (κ1) is 24.2. The smallest absolute Gasteiger partial charge is 0.261 e. The van der Waals surface area contributed by atoms with E-state index in [-0.39, 0.29) is 10.8 Å². The SMILES string of the molecule is COCCOc1ncccc1NC(=O)/C=C/c1ccc(S(=O)(=O)Nc2ccccc2Cl)cc1.